The van der Waals surface area contributed by atoms with Crippen LogP contribution in [0.2, 0.25) is 0 Å². The number of rotatable bonds is 6. The van der Waals surface area contributed by atoms with Gasteiger partial charge in [-0.15, -0.1) is 0 Å². The molecule has 0 spiro atoms. The highest BCUT2D eigenvalue weighted by molar-refractivity contribution is 7.19. The molecule has 5 heteroatoms. The number of nitrogens with one attached hydrogen (secondary N) is 1. The van der Waals surface area contributed by atoms with Gasteiger partial charge in [0, 0.05) is 6.92 Å². The van der Waals surface area contributed by atoms with E-state index in [2.05, 4.69) is 17.2 Å². The molecule has 1 amide bonds. The Kier molecular flexibility index (Phi) is 5.33. The summed E-state index contributed by atoms with van der Waals surface area (Å²) in [6.07, 6.45) is 2.17. The maximum Gasteiger partial charge on any atom is 0.223 e. The van der Waals surface area contributed by atoms with Crippen LogP contribution in [0, 0.1) is 6.92 Å². The van der Waals surface area contributed by atoms with Crippen LogP contribution in [0.15, 0.2) is 24.3 Å². The number of nitrogens with zero attached hydrogens (tertiary/aromatic N) is 1. The lowest BCUT2D eigenvalue weighted by Gasteiger charge is -2.06. The predicted molar refractivity (Wildman–Crippen MR) is 87.0 cm³/mol. The molecule has 1 heterocycles. The molecular formula is C16H20N2O2S. The number of anilines is 1. The number of carbonyl (C=O) groups is 1. The molecule has 112 valence electrons. The summed E-state index contributed by atoms with van der Waals surface area (Å²) in [5.74, 6) is 0.766. The van der Waals surface area contributed by atoms with Crippen LogP contribution in [-0.4, -0.2) is 17.5 Å². The number of thiazole rings is 1. The van der Waals surface area contributed by atoms with Crippen LogP contribution in [0.5, 0.6) is 5.75 Å². The van der Waals surface area contributed by atoms with E-state index in [0.717, 1.165) is 41.3 Å². The van der Waals surface area contributed by atoms with Gasteiger partial charge in [-0.2, -0.15) is 0 Å². The van der Waals surface area contributed by atoms with Crippen LogP contribution < -0.4 is 10.1 Å². The zero-order valence-electron chi connectivity index (χ0n) is 12.6. The molecule has 2 rings (SSSR count). The SMILES string of the molecule is CCCCOc1cccc(-c2sc(NC(C)=O)nc2C)c1. The molecule has 0 saturated heterocycles. The molecule has 0 saturated carbocycles. The molecule has 4 nitrogen and oxygen atoms in total. The van der Waals surface area contributed by atoms with Crippen molar-refractivity contribution in [1.29, 1.82) is 0 Å². The topological polar surface area (TPSA) is 51.2 Å². The van der Waals surface area contributed by atoms with Gasteiger partial charge in [0.25, 0.3) is 0 Å². The van der Waals surface area contributed by atoms with Crippen molar-refractivity contribution in [3.63, 3.8) is 0 Å². The van der Waals surface area contributed by atoms with E-state index in [-0.39, 0.29) is 5.91 Å². The highest BCUT2D eigenvalue weighted by atomic mass is 32.1. The van der Waals surface area contributed by atoms with Gasteiger partial charge in [-0.05, 0) is 31.0 Å². The number of hydrogen-bond acceptors (Lipinski definition) is 4. The lowest BCUT2D eigenvalue weighted by Crippen LogP contribution is -2.04. The summed E-state index contributed by atoms with van der Waals surface area (Å²) in [6, 6.07) is 8.00. The lowest BCUT2D eigenvalue weighted by atomic mass is 10.1. The second-order valence-electron chi connectivity index (χ2n) is 4.84. The maximum absolute atomic E-state index is 11.1. The Hall–Kier alpha value is -1.88. The standard InChI is InChI=1S/C16H20N2O2S/c1-4-5-9-20-14-8-6-7-13(10-14)15-11(2)17-16(21-15)18-12(3)19/h6-8,10H,4-5,9H2,1-3H3,(H,17,18,19). The van der Waals surface area contributed by atoms with Gasteiger partial charge in [-0.1, -0.05) is 36.8 Å². The third kappa shape index (κ3) is 4.29. The number of unbranched alkanes of at least 4 members (excludes halogenated alkanes) is 1. The van der Waals surface area contributed by atoms with Gasteiger partial charge >= 0.3 is 0 Å². The third-order valence-corrected chi connectivity index (χ3v) is 4.06. The van der Waals surface area contributed by atoms with Crippen LogP contribution >= 0.6 is 11.3 Å². The molecule has 0 aliphatic rings. The van der Waals surface area contributed by atoms with Gasteiger partial charge in [-0.25, -0.2) is 4.98 Å². The van der Waals surface area contributed by atoms with E-state index in [1.807, 2.05) is 31.2 Å². The molecule has 0 aliphatic heterocycles. The molecule has 0 unspecified atom stereocenters. The zero-order valence-corrected chi connectivity index (χ0v) is 13.4. The largest absolute Gasteiger partial charge is 0.494 e. The summed E-state index contributed by atoms with van der Waals surface area (Å²) < 4.78 is 5.73. The average Bonchev–Trinajstić information content (AvgIpc) is 2.79. The molecule has 0 bridgehead atoms. The lowest BCUT2D eigenvalue weighted by molar-refractivity contribution is -0.114. The Balaban J connectivity index is 2.19. The second-order valence-corrected chi connectivity index (χ2v) is 5.84. The molecule has 0 fully saturated rings. The monoisotopic (exact) mass is 304 g/mol. The number of aromatic nitrogens is 1. The Bertz CT molecular complexity index is 622. The van der Waals surface area contributed by atoms with Crippen molar-refractivity contribution in [3.8, 4) is 16.2 Å². The minimum Gasteiger partial charge on any atom is -0.494 e. The Morgan fingerprint density at radius 3 is 2.95 bits per heavy atom. The first-order chi connectivity index (χ1) is 10.1. The number of amides is 1. The summed E-state index contributed by atoms with van der Waals surface area (Å²) in [4.78, 5) is 16.5. The van der Waals surface area contributed by atoms with Crippen molar-refractivity contribution in [3.05, 3.63) is 30.0 Å². The molecular weight excluding hydrogens is 284 g/mol. The summed E-state index contributed by atoms with van der Waals surface area (Å²) in [7, 11) is 0. The quantitative estimate of drug-likeness (QED) is 0.811. The zero-order chi connectivity index (χ0) is 15.2. The number of ether oxygens (including phenoxy) is 1. The Morgan fingerprint density at radius 2 is 2.24 bits per heavy atom. The molecule has 0 atom stereocenters. The van der Waals surface area contributed by atoms with E-state index in [1.54, 1.807) is 0 Å². The van der Waals surface area contributed by atoms with Gasteiger partial charge in [-0.3, -0.25) is 4.79 Å². The summed E-state index contributed by atoms with van der Waals surface area (Å²) >= 11 is 1.48. The van der Waals surface area contributed by atoms with Crippen LogP contribution in [0.4, 0.5) is 5.13 Å². The van der Waals surface area contributed by atoms with Crippen LogP contribution in [0.25, 0.3) is 10.4 Å². The van der Waals surface area contributed by atoms with Crippen LogP contribution in [0.3, 0.4) is 0 Å². The van der Waals surface area contributed by atoms with E-state index in [1.165, 1.54) is 18.3 Å². The first-order valence-corrected chi connectivity index (χ1v) is 7.90. The average molecular weight is 304 g/mol. The van der Waals surface area contributed by atoms with Crippen molar-refractivity contribution in [2.45, 2.75) is 33.6 Å². The van der Waals surface area contributed by atoms with E-state index >= 15 is 0 Å². The highest BCUT2D eigenvalue weighted by Crippen LogP contribution is 2.34. The van der Waals surface area contributed by atoms with Crippen LogP contribution in [0.1, 0.15) is 32.4 Å². The van der Waals surface area contributed by atoms with E-state index < -0.39 is 0 Å². The maximum atomic E-state index is 11.1. The first-order valence-electron chi connectivity index (χ1n) is 7.08. The van der Waals surface area contributed by atoms with Gasteiger partial charge in [0.05, 0.1) is 17.2 Å². The van der Waals surface area contributed by atoms with E-state index in [4.69, 9.17) is 4.74 Å². The van der Waals surface area contributed by atoms with Crippen molar-refractivity contribution >= 4 is 22.4 Å². The minimum absolute atomic E-state index is 0.105. The van der Waals surface area contributed by atoms with Crippen molar-refractivity contribution in [1.82, 2.24) is 4.98 Å². The van der Waals surface area contributed by atoms with Crippen molar-refractivity contribution < 1.29 is 9.53 Å². The fourth-order valence-electron chi connectivity index (χ4n) is 1.93. The minimum atomic E-state index is -0.105. The Morgan fingerprint density at radius 1 is 1.43 bits per heavy atom. The first kappa shape index (κ1) is 15.5. The highest BCUT2D eigenvalue weighted by Gasteiger charge is 2.11. The second kappa shape index (κ2) is 7.22. The number of aryl methyl sites for hydroxylation is 1. The molecule has 1 aromatic heterocycles. The fraction of sp³-hybridized carbons (Fsp3) is 0.375. The molecule has 0 aliphatic carbocycles. The number of benzene rings is 1. The number of carbonyl (C=O) groups excluding carboxylic acids is 1. The fourth-order valence-corrected chi connectivity index (χ4v) is 2.94. The molecule has 2 aromatic rings. The third-order valence-electron chi connectivity index (χ3n) is 2.94. The van der Waals surface area contributed by atoms with E-state index in [9.17, 15) is 4.79 Å². The van der Waals surface area contributed by atoms with Crippen molar-refractivity contribution in [2.75, 3.05) is 11.9 Å². The Labute approximate surface area is 129 Å². The molecule has 1 aromatic carbocycles. The molecule has 1 N–H and O–H groups in total. The van der Waals surface area contributed by atoms with Gasteiger partial charge in [0.15, 0.2) is 5.13 Å². The van der Waals surface area contributed by atoms with Gasteiger partial charge in [0.1, 0.15) is 5.75 Å². The normalized spacial score (nSPS) is 10.4. The summed E-state index contributed by atoms with van der Waals surface area (Å²) in [5, 5.41) is 3.36. The van der Waals surface area contributed by atoms with Gasteiger partial charge < -0.3 is 10.1 Å². The van der Waals surface area contributed by atoms with E-state index in [0.29, 0.717) is 5.13 Å². The molecule has 0 radical (unpaired) electrons. The predicted octanol–water partition coefficient (Wildman–Crippen LogP) is 4.26. The van der Waals surface area contributed by atoms with Gasteiger partial charge in [0.2, 0.25) is 5.91 Å². The summed E-state index contributed by atoms with van der Waals surface area (Å²) in [6.45, 7) is 6.31. The van der Waals surface area contributed by atoms with Crippen molar-refractivity contribution in [2.24, 2.45) is 0 Å². The smallest absolute Gasteiger partial charge is 0.223 e. The molecule has 21 heavy (non-hydrogen) atoms. The van der Waals surface area contributed by atoms with Crippen LogP contribution in [-0.2, 0) is 4.79 Å². The summed E-state index contributed by atoms with van der Waals surface area (Å²) in [5.41, 5.74) is 1.98. The number of hydrogen-bond donors (Lipinski definition) is 1.